The Bertz CT molecular complexity index is 838. The molecule has 0 atom stereocenters. The van der Waals surface area contributed by atoms with Crippen molar-refractivity contribution in [3.63, 3.8) is 0 Å². The number of carboxylic acid groups (broad SMARTS) is 1. The molecule has 1 aromatic heterocycles. The van der Waals surface area contributed by atoms with Crippen molar-refractivity contribution in [3.05, 3.63) is 35.9 Å². The molecule has 0 saturated heterocycles. The Morgan fingerprint density at radius 1 is 1.23 bits per heavy atom. The van der Waals surface area contributed by atoms with Gasteiger partial charge in [0, 0.05) is 11.1 Å². The first-order valence-electron chi connectivity index (χ1n) is 5.92. The zero-order chi connectivity index (χ0) is 16.5. The number of hydrogen-bond acceptors (Lipinski definition) is 5. The molecule has 1 aromatic carbocycles. The van der Waals surface area contributed by atoms with Crippen LogP contribution < -0.4 is 11.1 Å². The topological polar surface area (TPSA) is 127 Å². The molecule has 116 valence electrons. The van der Waals surface area contributed by atoms with Crippen LogP contribution in [0.1, 0.15) is 10.4 Å². The number of benzene rings is 1. The third kappa shape index (κ3) is 3.43. The summed E-state index contributed by atoms with van der Waals surface area (Å²) in [5.74, 6) is -1.20. The first-order valence-corrected chi connectivity index (χ1v) is 8.63. The number of hydrogen-bond donors (Lipinski definition) is 3. The molecule has 2 amide bonds. The minimum atomic E-state index is -3.30. The number of primary amides is 1. The lowest BCUT2D eigenvalue weighted by molar-refractivity contribution is 0.0698. The fourth-order valence-electron chi connectivity index (χ4n) is 1.76. The fraction of sp³-hybridized carbons (Fsp3) is 0.0769. The van der Waals surface area contributed by atoms with E-state index in [1.165, 1.54) is 18.2 Å². The van der Waals surface area contributed by atoms with Gasteiger partial charge in [-0.05, 0) is 23.8 Å². The monoisotopic (exact) mass is 340 g/mol. The average molecular weight is 340 g/mol. The van der Waals surface area contributed by atoms with Crippen molar-refractivity contribution in [1.29, 1.82) is 0 Å². The normalized spacial score (nSPS) is 11.1. The molecule has 0 aliphatic heterocycles. The maximum atomic E-state index is 11.4. The van der Waals surface area contributed by atoms with Crippen LogP contribution in [-0.4, -0.2) is 31.8 Å². The van der Waals surface area contributed by atoms with Crippen LogP contribution in [0.4, 0.5) is 9.80 Å². The van der Waals surface area contributed by atoms with Crippen molar-refractivity contribution in [1.82, 2.24) is 0 Å². The van der Waals surface area contributed by atoms with Crippen LogP contribution in [0.2, 0.25) is 0 Å². The van der Waals surface area contributed by atoms with E-state index in [4.69, 9.17) is 10.8 Å². The Morgan fingerprint density at radius 3 is 2.27 bits per heavy atom. The van der Waals surface area contributed by atoms with Gasteiger partial charge in [0.25, 0.3) is 0 Å². The number of carboxylic acids is 1. The summed E-state index contributed by atoms with van der Waals surface area (Å²) in [6.45, 7) is 0. The molecule has 4 N–H and O–H groups in total. The zero-order valence-corrected chi connectivity index (χ0v) is 13.0. The minimum Gasteiger partial charge on any atom is -0.478 e. The summed E-state index contributed by atoms with van der Waals surface area (Å²) >= 11 is 1.04. The molecule has 0 spiro atoms. The van der Waals surface area contributed by atoms with Crippen LogP contribution in [0.3, 0.4) is 0 Å². The van der Waals surface area contributed by atoms with Gasteiger partial charge in [0.05, 0.1) is 10.5 Å². The van der Waals surface area contributed by atoms with Crippen molar-refractivity contribution in [2.45, 2.75) is 4.90 Å². The maximum absolute atomic E-state index is 11.4. The predicted molar refractivity (Wildman–Crippen MR) is 83.0 cm³/mol. The number of carbonyl (C=O) groups is 2. The van der Waals surface area contributed by atoms with Gasteiger partial charge in [-0.15, -0.1) is 11.3 Å². The van der Waals surface area contributed by atoms with Crippen LogP contribution >= 0.6 is 11.3 Å². The number of nitrogens with one attached hydrogen (secondary N) is 1. The summed E-state index contributed by atoms with van der Waals surface area (Å²) in [7, 11) is -3.30. The first kappa shape index (κ1) is 16.0. The van der Waals surface area contributed by atoms with Crippen molar-refractivity contribution in [3.8, 4) is 10.4 Å². The van der Waals surface area contributed by atoms with Gasteiger partial charge >= 0.3 is 12.0 Å². The van der Waals surface area contributed by atoms with Gasteiger partial charge in [-0.1, -0.05) is 12.1 Å². The molecular weight excluding hydrogens is 328 g/mol. The van der Waals surface area contributed by atoms with Crippen LogP contribution in [0, 0.1) is 0 Å². The lowest BCUT2D eigenvalue weighted by atomic mass is 10.1. The van der Waals surface area contributed by atoms with Gasteiger partial charge in [-0.25, -0.2) is 18.0 Å². The third-order valence-corrected chi connectivity index (χ3v) is 4.99. The minimum absolute atomic E-state index is 0.0778. The number of urea groups is 1. The SMILES string of the molecule is CS(=O)(=O)c1ccc(-c2cc(C(=O)O)c(NC(N)=O)s2)cc1. The number of anilines is 1. The molecule has 7 nitrogen and oxygen atoms in total. The predicted octanol–water partition coefficient (Wildman–Crippen LogP) is 2.01. The summed E-state index contributed by atoms with van der Waals surface area (Å²) in [6, 6.07) is 6.55. The standard InChI is InChI=1S/C13H12N2O5S2/c1-22(19,20)8-4-2-7(3-5-8)10-6-9(12(16)17)11(21-10)15-13(14)18/h2-6H,1H3,(H,16,17)(H3,14,15,18). The molecule has 2 aromatic rings. The van der Waals surface area contributed by atoms with E-state index >= 15 is 0 Å². The van der Waals surface area contributed by atoms with Crippen molar-refractivity contribution in [2.75, 3.05) is 11.6 Å². The number of sulfone groups is 1. The summed E-state index contributed by atoms with van der Waals surface area (Å²) in [5.41, 5.74) is 5.56. The molecule has 0 aliphatic rings. The van der Waals surface area contributed by atoms with Crippen LogP contribution in [0.15, 0.2) is 35.2 Å². The summed E-state index contributed by atoms with van der Waals surface area (Å²) < 4.78 is 22.8. The lowest BCUT2D eigenvalue weighted by Gasteiger charge is -2.00. The van der Waals surface area contributed by atoms with E-state index in [-0.39, 0.29) is 15.5 Å². The zero-order valence-electron chi connectivity index (χ0n) is 11.4. The largest absolute Gasteiger partial charge is 0.478 e. The van der Waals surface area contributed by atoms with Crippen molar-refractivity contribution < 1.29 is 23.1 Å². The first-order chi connectivity index (χ1) is 10.2. The Morgan fingerprint density at radius 2 is 1.82 bits per heavy atom. The van der Waals surface area contributed by atoms with Gasteiger partial charge in [0.1, 0.15) is 5.00 Å². The van der Waals surface area contributed by atoms with Gasteiger partial charge in [0.15, 0.2) is 9.84 Å². The number of amides is 2. The van der Waals surface area contributed by atoms with E-state index in [1.807, 2.05) is 0 Å². The number of nitrogens with two attached hydrogens (primary N) is 1. The third-order valence-electron chi connectivity index (χ3n) is 2.77. The van der Waals surface area contributed by atoms with Gasteiger partial charge in [0.2, 0.25) is 0 Å². The molecule has 0 unspecified atom stereocenters. The van der Waals surface area contributed by atoms with Gasteiger partial charge in [-0.2, -0.15) is 0 Å². The van der Waals surface area contributed by atoms with Crippen molar-refractivity contribution >= 4 is 38.2 Å². The molecule has 0 saturated carbocycles. The quantitative estimate of drug-likeness (QED) is 0.784. The summed E-state index contributed by atoms with van der Waals surface area (Å²) in [5, 5.41) is 11.5. The highest BCUT2D eigenvalue weighted by molar-refractivity contribution is 7.90. The number of rotatable bonds is 4. The highest BCUT2D eigenvalue weighted by Gasteiger charge is 2.17. The summed E-state index contributed by atoms with van der Waals surface area (Å²) in [4.78, 5) is 22.8. The van der Waals surface area contributed by atoms with Gasteiger partial charge < -0.3 is 10.8 Å². The van der Waals surface area contributed by atoms with Gasteiger partial charge in [-0.3, -0.25) is 5.32 Å². The Balaban J connectivity index is 2.45. The molecule has 0 radical (unpaired) electrons. The van der Waals surface area contributed by atoms with Crippen LogP contribution in [-0.2, 0) is 9.84 Å². The molecular formula is C13H12N2O5S2. The number of thiophene rings is 1. The smallest absolute Gasteiger partial charge is 0.338 e. The van der Waals surface area contributed by atoms with E-state index < -0.39 is 21.8 Å². The number of carbonyl (C=O) groups excluding carboxylic acids is 1. The van der Waals surface area contributed by atoms with E-state index in [2.05, 4.69) is 5.32 Å². The Kier molecular flexibility index (Phi) is 4.20. The van der Waals surface area contributed by atoms with Crippen LogP contribution in [0.25, 0.3) is 10.4 Å². The molecule has 22 heavy (non-hydrogen) atoms. The fourth-order valence-corrected chi connectivity index (χ4v) is 3.45. The van der Waals surface area contributed by atoms with Crippen molar-refractivity contribution in [2.24, 2.45) is 5.73 Å². The Labute approximate surface area is 130 Å². The average Bonchev–Trinajstić information content (AvgIpc) is 2.81. The second-order valence-corrected chi connectivity index (χ2v) is 7.51. The maximum Gasteiger partial charge on any atom is 0.338 e. The molecule has 2 rings (SSSR count). The second kappa shape index (κ2) is 5.78. The highest BCUT2D eigenvalue weighted by atomic mass is 32.2. The molecule has 9 heteroatoms. The lowest BCUT2D eigenvalue weighted by Crippen LogP contribution is -2.19. The number of aromatic carboxylic acids is 1. The highest BCUT2D eigenvalue weighted by Crippen LogP contribution is 2.35. The summed E-state index contributed by atoms with van der Waals surface area (Å²) in [6.07, 6.45) is 1.10. The van der Waals surface area contributed by atoms with E-state index in [1.54, 1.807) is 12.1 Å². The molecule has 0 aliphatic carbocycles. The molecule has 0 bridgehead atoms. The van der Waals surface area contributed by atoms with E-state index in [0.717, 1.165) is 17.6 Å². The van der Waals surface area contributed by atoms with E-state index in [0.29, 0.717) is 10.4 Å². The molecule has 1 heterocycles. The second-order valence-electron chi connectivity index (χ2n) is 4.44. The van der Waals surface area contributed by atoms with Crippen LogP contribution in [0.5, 0.6) is 0 Å². The molecule has 0 fully saturated rings. The Hall–Kier alpha value is -2.39. The van der Waals surface area contributed by atoms with E-state index in [9.17, 15) is 18.0 Å².